The van der Waals surface area contributed by atoms with Gasteiger partial charge in [-0.05, 0) is 128 Å². The number of anilines is 3. The van der Waals surface area contributed by atoms with Crippen molar-refractivity contribution < 1.29 is 42.6 Å². The van der Waals surface area contributed by atoms with Crippen LogP contribution in [0.3, 0.4) is 0 Å². The fourth-order valence-electron chi connectivity index (χ4n) is 12.0. The smallest absolute Gasteiger partial charge is 0.258 e. The van der Waals surface area contributed by atoms with Gasteiger partial charge in [0, 0.05) is 112 Å². The van der Waals surface area contributed by atoms with Gasteiger partial charge in [-0.3, -0.25) is 29.1 Å². The topological polar surface area (TPSA) is 187 Å². The molecule has 0 spiro atoms. The van der Waals surface area contributed by atoms with E-state index in [0.717, 1.165) is 77.5 Å². The summed E-state index contributed by atoms with van der Waals surface area (Å²) in [6.07, 6.45) is 7.57. The highest BCUT2D eigenvalue weighted by Gasteiger charge is 2.46. The van der Waals surface area contributed by atoms with Crippen LogP contribution in [0.15, 0.2) is 84.4 Å². The minimum absolute atomic E-state index is 0.00498. The van der Waals surface area contributed by atoms with E-state index < -0.39 is 40.9 Å². The first-order chi connectivity index (χ1) is 38.9. The number of aryl methyl sites for hydroxylation is 2. The molecule has 1 aliphatic carbocycles. The molecular weight excluding hydrogens is 1050 g/mol. The fourth-order valence-corrected chi connectivity index (χ4v) is 12.8. The maximum atomic E-state index is 14.3. The van der Waals surface area contributed by atoms with Crippen molar-refractivity contribution in [2.24, 2.45) is 23.2 Å². The Labute approximate surface area is 477 Å². The van der Waals surface area contributed by atoms with E-state index in [1.165, 1.54) is 12.1 Å². The third-order valence-electron chi connectivity index (χ3n) is 16.6. The Hall–Kier alpha value is -6.69. The summed E-state index contributed by atoms with van der Waals surface area (Å²) in [5.41, 5.74) is 8.54. The first kappa shape index (κ1) is 58.9. The van der Waals surface area contributed by atoms with Gasteiger partial charge < -0.3 is 30.3 Å². The molecule has 3 fully saturated rings. The van der Waals surface area contributed by atoms with E-state index in [1.54, 1.807) is 11.3 Å². The number of piperazine rings is 1. The second-order valence-corrected chi connectivity index (χ2v) is 24.4. The van der Waals surface area contributed by atoms with Crippen molar-refractivity contribution in [1.29, 1.82) is 0 Å². The van der Waals surface area contributed by atoms with Crippen molar-refractivity contribution in [2.45, 2.75) is 136 Å². The number of Topliss-reactive ketones (excluding diaryl/α,β-unsaturated/α-hetero) is 3. The molecule has 1 saturated carbocycles. The van der Waals surface area contributed by atoms with Gasteiger partial charge in [-0.2, -0.15) is 5.10 Å². The molecule has 81 heavy (non-hydrogen) atoms. The maximum absolute atomic E-state index is 14.3. The zero-order valence-electron chi connectivity index (χ0n) is 47.2. The number of benzene rings is 4. The number of nitrogens with one attached hydrogen (secondary N) is 3. The van der Waals surface area contributed by atoms with Crippen LogP contribution in [-0.2, 0) is 36.8 Å². The zero-order valence-corrected chi connectivity index (χ0v) is 48.0. The summed E-state index contributed by atoms with van der Waals surface area (Å²) in [6.45, 7) is 11.6. The molecule has 6 aromatic rings. The van der Waals surface area contributed by atoms with Gasteiger partial charge in [0.2, 0.25) is 5.91 Å². The molecule has 2 aromatic heterocycles. The van der Waals surface area contributed by atoms with E-state index in [2.05, 4.69) is 42.8 Å². The highest BCUT2D eigenvalue weighted by Crippen LogP contribution is 2.41. The molecule has 4 heterocycles. The summed E-state index contributed by atoms with van der Waals surface area (Å²) in [5, 5.41) is 25.4. The Morgan fingerprint density at radius 1 is 0.802 bits per heavy atom. The summed E-state index contributed by atoms with van der Waals surface area (Å²) < 4.78 is 33.5. The molecule has 1 unspecified atom stereocenters. The fraction of sp³-hybridized carbons (Fsp3) is 0.484. The molecule has 0 bridgehead atoms. The third-order valence-corrected chi connectivity index (χ3v) is 17.6. The van der Waals surface area contributed by atoms with Crippen LogP contribution in [0.4, 0.5) is 26.0 Å². The van der Waals surface area contributed by atoms with E-state index >= 15 is 0 Å². The molecule has 430 valence electrons. The molecule has 17 heteroatoms. The lowest BCUT2D eigenvalue weighted by Crippen LogP contribution is -2.48. The van der Waals surface area contributed by atoms with Gasteiger partial charge in [0.15, 0.2) is 5.82 Å². The molecule has 2 saturated heterocycles. The summed E-state index contributed by atoms with van der Waals surface area (Å²) in [4.78, 5) is 78.6. The van der Waals surface area contributed by atoms with Crippen LogP contribution in [0.25, 0.3) is 21.3 Å². The van der Waals surface area contributed by atoms with Crippen LogP contribution in [0.5, 0.6) is 0 Å². The second kappa shape index (κ2) is 26.9. The lowest BCUT2D eigenvalue weighted by atomic mass is 9.70. The van der Waals surface area contributed by atoms with Crippen molar-refractivity contribution in [3.05, 3.63) is 124 Å². The van der Waals surface area contributed by atoms with Crippen molar-refractivity contribution in [3.63, 3.8) is 0 Å². The minimum Gasteiger partial charge on any atom is -0.393 e. The van der Waals surface area contributed by atoms with Crippen molar-refractivity contribution >= 4 is 68.6 Å². The molecule has 14 nitrogen and oxygen atoms in total. The van der Waals surface area contributed by atoms with Gasteiger partial charge in [-0.25, -0.2) is 13.8 Å². The number of ether oxygens (including phenoxy) is 1. The van der Waals surface area contributed by atoms with Crippen molar-refractivity contribution in [1.82, 2.24) is 20.1 Å². The van der Waals surface area contributed by atoms with Crippen molar-refractivity contribution in [3.8, 4) is 10.4 Å². The number of halogens is 2. The Kier molecular flexibility index (Phi) is 19.6. The average molecular weight is 1130 g/mol. The molecule has 4 aromatic carbocycles. The number of thiazole rings is 1. The zero-order chi connectivity index (χ0) is 57.2. The molecule has 2 amide bonds. The first-order valence-electron chi connectivity index (χ1n) is 29.0. The minimum atomic E-state index is -0.723. The predicted molar refractivity (Wildman–Crippen MR) is 314 cm³/mol. The number of carbonyl (C=O) groups is 5. The number of aliphatic hydroxyl groups excluding tert-OH is 1. The number of rotatable bonds is 24. The summed E-state index contributed by atoms with van der Waals surface area (Å²) in [6, 6.07) is 23.1. The Balaban J connectivity index is 0.704. The summed E-state index contributed by atoms with van der Waals surface area (Å²) in [7, 11) is 0. The van der Waals surface area contributed by atoms with Crippen LogP contribution >= 0.6 is 11.3 Å². The third kappa shape index (κ3) is 15.5. The molecule has 2 aliphatic heterocycles. The number of nitrogens with zero attached hydrogens (tertiary/aromatic N) is 4. The van der Waals surface area contributed by atoms with E-state index in [4.69, 9.17) is 4.74 Å². The van der Waals surface area contributed by atoms with Gasteiger partial charge in [-0.1, -0.05) is 70.4 Å². The number of hydrogen-bond donors (Lipinski definition) is 4. The number of hydrogen-bond acceptors (Lipinski definition) is 12. The number of amides is 2. The van der Waals surface area contributed by atoms with Gasteiger partial charge in [0.1, 0.15) is 29.0 Å². The van der Waals surface area contributed by atoms with Crippen LogP contribution in [0.1, 0.15) is 137 Å². The molecule has 0 radical (unpaired) electrons. The Morgan fingerprint density at radius 2 is 1.49 bits per heavy atom. The van der Waals surface area contributed by atoms with Gasteiger partial charge in [0.25, 0.3) is 5.91 Å². The predicted octanol–water partition coefficient (Wildman–Crippen LogP) is 11.9. The lowest BCUT2D eigenvalue weighted by Gasteiger charge is -2.36. The van der Waals surface area contributed by atoms with E-state index in [-0.39, 0.29) is 60.9 Å². The molecule has 9 rings (SSSR count). The molecule has 3 aliphatic rings. The number of aromatic nitrogens is 3. The van der Waals surface area contributed by atoms with Crippen LogP contribution in [-0.4, -0.2) is 106 Å². The van der Waals surface area contributed by atoms with Crippen molar-refractivity contribution in [2.75, 3.05) is 54.9 Å². The largest absolute Gasteiger partial charge is 0.393 e. The second-order valence-electron chi connectivity index (χ2n) is 23.6. The van der Waals surface area contributed by atoms with Crippen LogP contribution in [0, 0.1) is 41.7 Å². The highest BCUT2D eigenvalue weighted by atomic mass is 32.1. The number of ketones is 3. The average Bonchev–Trinajstić information content (AvgIpc) is 4.19. The number of aromatic amines is 1. The molecule has 4 N–H and O–H groups in total. The van der Waals surface area contributed by atoms with Gasteiger partial charge in [0.05, 0.1) is 33.3 Å². The number of aliphatic hydroxyl groups is 1. The van der Waals surface area contributed by atoms with Crippen LogP contribution < -0.4 is 15.5 Å². The van der Waals surface area contributed by atoms with Crippen LogP contribution in [0.2, 0.25) is 0 Å². The molecule has 4 atom stereocenters. The Morgan fingerprint density at radius 3 is 2.20 bits per heavy atom. The highest BCUT2D eigenvalue weighted by molar-refractivity contribution is 7.13. The normalized spacial score (nSPS) is 18.3. The Bertz CT molecular complexity index is 3160. The number of fused-ring (bicyclic) bond motifs is 1. The molecular formula is C64H77F2N7O7S. The first-order valence-corrected chi connectivity index (χ1v) is 29.8. The lowest BCUT2D eigenvalue weighted by molar-refractivity contribution is -0.138. The number of unbranched alkanes of at least 4 members (excludes halogenated alkanes) is 4. The summed E-state index contributed by atoms with van der Waals surface area (Å²) in [5.74, 6) is -2.90. The van der Waals surface area contributed by atoms with E-state index in [0.29, 0.717) is 105 Å². The number of carbonyl (C=O) groups excluding carboxylic acids is 5. The summed E-state index contributed by atoms with van der Waals surface area (Å²) >= 11 is 1.60. The monoisotopic (exact) mass is 1130 g/mol. The van der Waals surface area contributed by atoms with Gasteiger partial charge >= 0.3 is 0 Å². The standard InChI is InChI=1S/C64H77F2N7O7S/c1-40-61(81-39-67-40)44-16-12-41(13-17-44)15-21-58(76)52-36-50(75)37-53(52)60(78)55(64(2,3)4)38-49(74)10-8-6-5-7-9-11-59(77)73-26-24-72(25-27-73)48-18-19-51(57(35-48)68-47-22-28-80-29-23-47)63(79)69-62-54-33-42(14-20-56(54)70-71-62)30-43-31-45(65)34-46(66)32-43/h12-14,16-20,31-35,39,47,50,52-53,55,68,75H,5-11,15,21-30,36-38H2,1-4H3,(H2,69,70,71,79)/t50-,52-,53?,55-/m1/s1. The number of H-pyrrole nitrogens is 1. The maximum Gasteiger partial charge on any atom is 0.258 e. The quantitative estimate of drug-likeness (QED) is 0.0423. The van der Waals surface area contributed by atoms with Gasteiger partial charge in [-0.15, -0.1) is 11.3 Å². The van der Waals surface area contributed by atoms with E-state index in [1.807, 2.05) is 86.6 Å². The van der Waals surface area contributed by atoms with E-state index in [9.17, 15) is 37.9 Å². The SMILES string of the molecule is Cc1ncsc1-c1ccc(CCC(=O)[C@@H]2C[C@@H](O)CC2C(=O)[C@@H](CC(=O)CCCCCCCC(=O)N2CCN(c3ccc(C(=O)Nc4n[nH]c5ccc(Cc6cc(F)cc(F)c6)cc45)c(NC4CCOCC4)c3)CC2)C(C)(C)C)cc1.